The summed E-state index contributed by atoms with van der Waals surface area (Å²) in [5, 5.41) is 0. The number of hydrogen-bond donors (Lipinski definition) is 0. The Balaban J connectivity index is 3.85. The van der Waals surface area contributed by atoms with Crippen molar-refractivity contribution in [2.75, 3.05) is 14.2 Å². The van der Waals surface area contributed by atoms with Gasteiger partial charge in [-0.1, -0.05) is 35.4 Å². The van der Waals surface area contributed by atoms with Gasteiger partial charge in [0, 0.05) is 24.0 Å². The van der Waals surface area contributed by atoms with Crippen LogP contribution in [0.25, 0.3) is 0 Å². The van der Waals surface area contributed by atoms with Crippen LogP contribution < -0.4 is 0 Å². The highest BCUT2D eigenvalue weighted by molar-refractivity contribution is 9.46. The van der Waals surface area contributed by atoms with Gasteiger partial charge in [0.15, 0.2) is 16.6 Å². The highest BCUT2D eigenvalue weighted by atomic mass is 33.9. The van der Waals surface area contributed by atoms with E-state index in [4.69, 9.17) is 8.85 Å². The molecule has 0 aliphatic heterocycles. The third-order valence-electron chi connectivity index (χ3n) is 3.77. The summed E-state index contributed by atoms with van der Waals surface area (Å²) in [6, 6.07) is 0. The lowest BCUT2D eigenvalue weighted by atomic mass is 10.6. The molecule has 11 heteroatoms. The van der Waals surface area contributed by atoms with E-state index in [0.29, 0.717) is 9.75 Å². The highest BCUT2D eigenvalue weighted by Crippen LogP contribution is 2.57. The van der Waals surface area contributed by atoms with Crippen LogP contribution in [-0.4, -0.2) is 40.6 Å². The third-order valence-corrected chi connectivity index (χ3v) is 28.4. The summed E-state index contributed by atoms with van der Waals surface area (Å²) in [6.45, 7) is 13.7. The number of rotatable bonds is 14. The molecule has 0 aromatic heterocycles. The smallest absolute Gasteiger partial charge is 0.199 e. The van der Waals surface area contributed by atoms with Crippen LogP contribution in [0.4, 0.5) is 0 Å². The molecule has 0 aromatic carbocycles. The van der Waals surface area contributed by atoms with Crippen LogP contribution in [0.2, 0.25) is 26.2 Å². The Kier molecular flexibility index (Phi) is 15.6. The summed E-state index contributed by atoms with van der Waals surface area (Å²) in [5.74, 6) is 0. The first-order chi connectivity index (χ1) is 10.7. The van der Waals surface area contributed by atoms with Gasteiger partial charge in [-0.2, -0.15) is 0 Å². The zero-order valence-corrected chi connectivity index (χ0v) is 23.0. The van der Waals surface area contributed by atoms with E-state index in [-0.39, 0.29) is 0 Å². The van der Waals surface area contributed by atoms with E-state index in [0.717, 1.165) is 0 Å². The van der Waals surface area contributed by atoms with Gasteiger partial charge in [-0.25, -0.2) is 0 Å². The van der Waals surface area contributed by atoms with Crippen molar-refractivity contribution in [1.82, 2.24) is 0 Å². The molecule has 0 heterocycles. The van der Waals surface area contributed by atoms with Crippen molar-refractivity contribution in [3.63, 3.8) is 0 Å². The summed E-state index contributed by atoms with van der Waals surface area (Å²) >= 11 is 0. The van der Waals surface area contributed by atoms with E-state index in [9.17, 15) is 0 Å². The lowest BCUT2D eigenvalue weighted by molar-refractivity contribution is 0.400. The molecule has 0 radical (unpaired) electrons. The maximum atomic E-state index is 5.74. The largest absolute Gasteiger partial charge is 0.419 e. The monoisotopic (exact) mass is 486 g/mol. The molecule has 0 spiro atoms. The Morgan fingerprint density at radius 1 is 0.652 bits per heavy atom. The van der Waals surface area contributed by atoms with E-state index in [1.54, 1.807) is 0 Å². The van der Waals surface area contributed by atoms with Crippen LogP contribution in [0.3, 0.4) is 0 Å². The number of hydrogen-bond acceptors (Lipinski definition) is 9. The van der Waals surface area contributed by atoms with Gasteiger partial charge in [0.1, 0.15) is 0 Å². The van der Waals surface area contributed by atoms with Gasteiger partial charge in [-0.15, -0.1) is 0 Å². The Labute approximate surface area is 171 Å². The van der Waals surface area contributed by atoms with E-state index >= 15 is 0 Å². The molecule has 0 saturated carbocycles. The van der Waals surface area contributed by atoms with E-state index in [1.807, 2.05) is 84.9 Å². The van der Waals surface area contributed by atoms with Crippen molar-refractivity contribution in [3.8, 4) is 0 Å². The summed E-state index contributed by atoms with van der Waals surface area (Å²) in [4.78, 5) is 1.30. The summed E-state index contributed by atoms with van der Waals surface area (Å²) < 4.78 is 11.5. The third kappa shape index (κ3) is 10.6. The van der Waals surface area contributed by atoms with Crippen LogP contribution >= 0.6 is 70.7 Å². The molecule has 0 saturated heterocycles. The second-order valence-corrected chi connectivity index (χ2v) is 26.9. The fourth-order valence-corrected chi connectivity index (χ4v) is 27.3. The average Bonchev–Trinajstić information content (AvgIpc) is 2.53. The van der Waals surface area contributed by atoms with Crippen molar-refractivity contribution < 1.29 is 8.85 Å². The van der Waals surface area contributed by atoms with Crippen molar-refractivity contribution in [2.45, 2.75) is 62.6 Å². The van der Waals surface area contributed by atoms with Crippen LogP contribution in [0, 0.1) is 0 Å². The molecule has 23 heavy (non-hydrogen) atoms. The van der Waals surface area contributed by atoms with E-state index < -0.39 is 16.6 Å². The molecule has 0 bridgehead atoms. The minimum atomic E-state index is -1.53. The van der Waals surface area contributed by atoms with Gasteiger partial charge in [0.05, 0.1) is 0 Å². The van der Waals surface area contributed by atoms with Gasteiger partial charge in [0.25, 0.3) is 0 Å². The molecular formula is C12H30O2S7Si2. The molecule has 2 unspecified atom stereocenters. The summed E-state index contributed by atoms with van der Waals surface area (Å²) in [7, 11) is 14.0. The topological polar surface area (TPSA) is 18.5 Å². The van der Waals surface area contributed by atoms with Crippen LogP contribution in [0.15, 0.2) is 0 Å². The zero-order chi connectivity index (χ0) is 17.9. The van der Waals surface area contributed by atoms with Crippen LogP contribution in [0.5, 0.6) is 0 Å². The fraction of sp³-hybridized carbons (Fsp3) is 1.00. The lowest BCUT2D eigenvalue weighted by Crippen LogP contribution is -2.41. The molecule has 0 fully saturated rings. The fourth-order valence-electron chi connectivity index (χ4n) is 1.77. The van der Waals surface area contributed by atoms with Gasteiger partial charge in [0.2, 0.25) is 0 Å². The molecule has 2 nitrogen and oxygen atoms in total. The Morgan fingerprint density at radius 2 is 0.957 bits per heavy atom. The van der Waals surface area contributed by atoms with Crippen LogP contribution in [-0.2, 0) is 8.85 Å². The molecule has 0 aliphatic carbocycles. The van der Waals surface area contributed by atoms with Gasteiger partial charge >= 0.3 is 0 Å². The normalized spacial score (nSPS) is 15.7. The SMILES string of the molecule is CCC(SSSSSSSC(CC)[Si](C)(C)OC)[Si](C)(C)OC. The second-order valence-electron chi connectivity index (χ2n) is 5.94. The predicted octanol–water partition coefficient (Wildman–Crippen LogP) is 7.95. The van der Waals surface area contributed by atoms with Crippen LogP contribution in [0.1, 0.15) is 26.7 Å². The van der Waals surface area contributed by atoms with Crippen molar-refractivity contribution >= 4 is 87.4 Å². The average molecular weight is 487 g/mol. The maximum absolute atomic E-state index is 5.74. The molecule has 0 aliphatic rings. The first kappa shape index (κ1) is 25.8. The molecule has 2 atom stereocenters. The predicted molar refractivity (Wildman–Crippen MR) is 130 cm³/mol. The minimum absolute atomic E-state index is 0.649. The van der Waals surface area contributed by atoms with Gasteiger partial charge in [-0.05, 0) is 88.2 Å². The second kappa shape index (κ2) is 13.9. The maximum Gasteiger partial charge on any atom is 0.199 e. The molecule has 0 rings (SSSR count). The first-order valence-electron chi connectivity index (χ1n) is 7.50. The molecule has 0 aromatic rings. The van der Waals surface area contributed by atoms with E-state index in [1.165, 1.54) is 12.8 Å². The van der Waals surface area contributed by atoms with E-state index in [2.05, 4.69) is 40.0 Å². The lowest BCUT2D eigenvalue weighted by Gasteiger charge is -2.28. The minimum Gasteiger partial charge on any atom is -0.419 e. The summed E-state index contributed by atoms with van der Waals surface area (Å²) in [5.41, 5.74) is 0. The Bertz CT molecular complexity index is 283. The van der Waals surface area contributed by atoms with Gasteiger partial charge < -0.3 is 8.85 Å². The molecule has 0 N–H and O–H groups in total. The first-order valence-corrected chi connectivity index (χ1v) is 22.4. The van der Waals surface area contributed by atoms with Crippen molar-refractivity contribution in [3.05, 3.63) is 0 Å². The Morgan fingerprint density at radius 3 is 1.22 bits per heavy atom. The van der Waals surface area contributed by atoms with Crippen molar-refractivity contribution in [1.29, 1.82) is 0 Å². The van der Waals surface area contributed by atoms with Crippen molar-refractivity contribution in [2.24, 2.45) is 0 Å². The standard InChI is InChI=1S/C12H30O2S7Si2/c1-9-11(22(5,6)13-3)15-17-19-21-20-18-16-12(10-2)23(7,8)14-4/h11-12H,9-10H2,1-8H3. The molecular weight excluding hydrogens is 457 g/mol. The zero-order valence-electron chi connectivity index (χ0n) is 15.2. The highest BCUT2D eigenvalue weighted by Gasteiger charge is 2.33. The Hall–Kier alpha value is 2.80. The molecule has 0 amide bonds. The molecule has 140 valence electrons. The quantitative estimate of drug-likeness (QED) is 0.137. The van der Waals surface area contributed by atoms with Gasteiger partial charge in [-0.3, -0.25) is 0 Å². The summed E-state index contributed by atoms with van der Waals surface area (Å²) in [6.07, 6.45) is 2.37.